The highest BCUT2D eigenvalue weighted by Crippen LogP contribution is 2.22. The summed E-state index contributed by atoms with van der Waals surface area (Å²) in [7, 11) is -3.76. The van der Waals surface area contributed by atoms with Crippen molar-refractivity contribution in [1.82, 2.24) is 0 Å². The number of nitrogens with one attached hydrogen (secondary N) is 1. The monoisotopic (exact) mass is 368 g/mol. The van der Waals surface area contributed by atoms with E-state index in [0.717, 1.165) is 0 Å². The third kappa shape index (κ3) is 4.47. The molecule has 0 aliphatic heterocycles. The molecule has 0 saturated carbocycles. The molecule has 0 fully saturated rings. The molecule has 1 amide bonds. The van der Waals surface area contributed by atoms with Crippen molar-refractivity contribution in [1.29, 1.82) is 0 Å². The molecule has 26 heavy (non-hydrogen) atoms. The summed E-state index contributed by atoms with van der Waals surface area (Å²) >= 11 is 0. The van der Waals surface area contributed by atoms with Crippen molar-refractivity contribution in [3.8, 4) is 11.5 Å². The molecule has 3 N–H and O–H groups in total. The van der Waals surface area contributed by atoms with Crippen LogP contribution in [0.15, 0.2) is 83.8 Å². The Morgan fingerprint density at radius 2 is 1.50 bits per heavy atom. The highest BCUT2D eigenvalue weighted by Gasteiger charge is 2.10. The van der Waals surface area contributed by atoms with Crippen LogP contribution >= 0.6 is 0 Å². The summed E-state index contributed by atoms with van der Waals surface area (Å²) in [5, 5.41) is 7.75. The smallest absolute Gasteiger partial charge is 0.255 e. The summed E-state index contributed by atoms with van der Waals surface area (Å²) < 4.78 is 28.2. The SMILES string of the molecule is NS(=O)(=O)c1ccc(NC(=O)c2cccc(Oc3ccccc3)c2)cc1. The molecule has 7 heteroatoms. The molecular formula is C19H16N2O4S. The maximum Gasteiger partial charge on any atom is 0.255 e. The van der Waals surface area contributed by atoms with E-state index < -0.39 is 10.0 Å². The number of anilines is 1. The number of carbonyl (C=O) groups excluding carboxylic acids is 1. The second-order valence-electron chi connectivity index (χ2n) is 5.47. The summed E-state index contributed by atoms with van der Waals surface area (Å²) in [5.41, 5.74) is 0.866. The predicted molar refractivity (Wildman–Crippen MR) is 98.7 cm³/mol. The van der Waals surface area contributed by atoms with Gasteiger partial charge in [-0.25, -0.2) is 13.6 Å². The van der Waals surface area contributed by atoms with Crippen LogP contribution in [-0.2, 0) is 10.0 Å². The van der Waals surface area contributed by atoms with E-state index in [-0.39, 0.29) is 10.8 Å². The molecule has 0 aliphatic carbocycles. The first-order valence-electron chi connectivity index (χ1n) is 7.69. The largest absolute Gasteiger partial charge is 0.457 e. The average Bonchev–Trinajstić information content (AvgIpc) is 2.62. The van der Waals surface area contributed by atoms with Gasteiger partial charge in [0.15, 0.2) is 0 Å². The lowest BCUT2D eigenvalue weighted by Crippen LogP contribution is -2.13. The van der Waals surface area contributed by atoms with Gasteiger partial charge >= 0.3 is 0 Å². The van der Waals surface area contributed by atoms with E-state index in [1.807, 2.05) is 30.3 Å². The standard InChI is InChI=1S/C19H16N2O4S/c20-26(23,24)18-11-9-15(10-12-18)21-19(22)14-5-4-8-17(13-14)25-16-6-2-1-3-7-16/h1-13H,(H,21,22)(H2,20,23,24). The zero-order valence-corrected chi connectivity index (χ0v) is 14.4. The van der Waals surface area contributed by atoms with Crippen molar-refractivity contribution < 1.29 is 17.9 Å². The van der Waals surface area contributed by atoms with Gasteiger partial charge in [-0.2, -0.15) is 0 Å². The van der Waals surface area contributed by atoms with Crippen molar-refractivity contribution in [3.63, 3.8) is 0 Å². The molecule has 6 nitrogen and oxygen atoms in total. The Kier molecular flexibility index (Phi) is 5.01. The number of hydrogen-bond donors (Lipinski definition) is 2. The molecule has 0 unspecified atom stereocenters. The number of hydrogen-bond acceptors (Lipinski definition) is 4. The number of sulfonamides is 1. The molecule has 0 aromatic heterocycles. The van der Waals surface area contributed by atoms with Crippen molar-refractivity contribution >= 4 is 21.6 Å². The molecule has 0 bridgehead atoms. The van der Waals surface area contributed by atoms with Crippen LogP contribution < -0.4 is 15.2 Å². The van der Waals surface area contributed by atoms with Gasteiger partial charge in [-0.3, -0.25) is 4.79 Å². The second-order valence-corrected chi connectivity index (χ2v) is 7.03. The molecule has 3 rings (SSSR count). The Morgan fingerprint density at radius 3 is 2.15 bits per heavy atom. The van der Waals surface area contributed by atoms with E-state index in [2.05, 4.69) is 5.32 Å². The zero-order chi connectivity index (χ0) is 18.6. The Hall–Kier alpha value is -3.16. The van der Waals surface area contributed by atoms with E-state index in [1.54, 1.807) is 24.3 Å². The van der Waals surface area contributed by atoms with Crippen LogP contribution in [0.2, 0.25) is 0 Å². The van der Waals surface area contributed by atoms with E-state index in [1.165, 1.54) is 24.3 Å². The minimum atomic E-state index is -3.76. The number of para-hydroxylation sites is 1. The number of amides is 1. The van der Waals surface area contributed by atoms with Crippen LogP contribution in [-0.4, -0.2) is 14.3 Å². The Labute approximate surface area is 151 Å². The minimum absolute atomic E-state index is 0.0197. The summed E-state index contributed by atoms with van der Waals surface area (Å²) in [5.74, 6) is 0.865. The Bertz CT molecular complexity index is 1020. The first kappa shape index (κ1) is 17.7. The lowest BCUT2D eigenvalue weighted by atomic mass is 10.2. The highest BCUT2D eigenvalue weighted by molar-refractivity contribution is 7.89. The van der Waals surface area contributed by atoms with Crippen LogP contribution in [0.4, 0.5) is 5.69 Å². The molecule has 0 saturated heterocycles. The van der Waals surface area contributed by atoms with Crippen LogP contribution in [0.3, 0.4) is 0 Å². The number of primary sulfonamides is 1. The second kappa shape index (κ2) is 7.38. The number of nitrogens with two attached hydrogens (primary N) is 1. The van der Waals surface area contributed by atoms with Crippen LogP contribution in [0.5, 0.6) is 11.5 Å². The van der Waals surface area contributed by atoms with Gasteiger partial charge in [0.05, 0.1) is 4.90 Å². The number of benzene rings is 3. The van der Waals surface area contributed by atoms with Crippen molar-refractivity contribution in [3.05, 3.63) is 84.4 Å². The predicted octanol–water partition coefficient (Wildman–Crippen LogP) is 3.38. The molecule has 0 aliphatic rings. The van der Waals surface area contributed by atoms with E-state index in [4.69, 9.17) is 9.88 Å². The maximum atomic E-state index is 12.4. The van der Waals surface area contributed by atoms with Gasteiger partial charge in [-0.15, -0.1) is 0 Å². The van der Waals surface area contributed by atoms with Crippen molar-refractivity contribution in [2.45, 2.75) is 4.90 Å². The Balaban J connectivity index is 1.73. The molecular weight excluding hydrogens is 352 g/mol. The molecule has 3 aromatic carbocycles. The lowest BCUT2D eigenvalue weighted by Gasteiger charge is -2.09. The van der Waals surface area contributed by atoms with Crippen molar-refractivity contribution in [2.24, 2.45) is 5.14 Å². The topological polar surface area (TPSA) is 98.5 Å². The van der Waals surface area contributed by atoms with E-state index >= 15 is 0 Å². The zero-order valence-electron chi connectivity index (χ0n) is 13.6. The highest BCUT2D eigenvalue weighted by atomic mass is 32.2. The van der Waals surface area contributed by atoms with Gasteiger partial charge in [-0.05, 0) is 54.6 Å². The van der Waals surface area contributed by atoms with Crippen LogP contribution in [0.1, 0.15) is 10.4 Å². The number of carbonyl (C=O) groups is 1. The fraction of sp³-hybridized carbons (Fsp3) is 0. The molecule has 0 radical (unpaired) electrons. The van der Waals surface area contributed by atoms with Gasteiger partial charge < -0.3 is 10.1 Å². The van der Waals surface area contributed by atoms with Gasteiger partial charge in [0, 0.05) is 11.3 Å². The van der Waals surface area contributed by atoms with Crippen molar-refractivity contribution in [2.75, 3.05) is 5.32 Å². The quantitative estimate of drug-likeness (QED) is 0.721. The van der Waals surface area contributed by atoms with Gasteiger partial charge in [0.1, 0.15) is 11.5 Å². The first-order chi connectivity index (χ1) is 12.4. The van der Waals surface area contributed by atoms with E-state index in [9.17, 15) is 13.2 Å². The first-order valence-corrected chi connectivity index (χ1v) is 9.24. The summed E-state index contributed by atoms with van der Waals surface area (Å²) in [6, 6.07) is 21.6. The molecule has 0 atom stereocenters. The average molecular weight is 368 g/mol. The fourth-order valence-corrected chi connectivity index (χ4v) is 2.77. The van der Waals surface area contributed by atoms with Crippen LogP contribution in [0.25, 0.3) is 0 Å². The fourth-order valence-electron chi connectivity index (χ4n) is 2.26. The molecule has 132 valence electrons. The summed E-state index contributed by atoms with van der Waals surface area (Å²) in [6.07, 6.45) is 0. The van der Waals surface area contributed by atoms with Gasteiger partial charge in [-0.1, -0.05) is 24.3 Å². The third-order valence-electron chi connectivity index (χ3n) is 3.52. The number of ether oxygens (including phenoxy) is 1. The minimum Gasteiger partial charge on any atom is -0.457 e. The molecule has 0 spiro atoms. The summed E-state index contributed by atoms with van der Waals surface area (Å²) in [6.45, 7) is 0. The Morgan fingerprint density at radius 1 is 0.846 bits per heavy atom. The van der Waals surface area contributed by atoms with Gasteiger partial charge in [0.2, 0.25) is 10.0 Å². The maximum absolute atomic E-state index is 12.4. The van der Waals surface area contributed by atoms with Crippen LogP contribution in [0, 0.1) is 0 Å². The summed E-state index contributed by atoms with van der Waals surface area (Å²) in [4.78, 5) is 12.4. The normalized spacial score (nSPS) is 11.0. The lowest BCUT2D eigenvalue weighted by molar-refractivity contribution is 0.102. The van der Waals surface area contributed by atoms with E-state index in [0.29, 0.717) is 22.7 Å². The number of rotatable bonds is 5. The van der Waals surface area contributed by atoms with Gasteiger partial charge in [0.25, 0.3) is 5.91 Å². The third-order valence-corrected chi connectivity index (χ3v) is 4.45. The molecule has 3 aromatic rings. The molecule has 0 heterocycles.